The van der Waals surface area contributed by atoms with E-state index in [0.717, 1.165) is 37.0 Å². The number of benzene rings is 2. The van der Waals surface area contributed by atoms with Gasteiger partial charge in [-0.2, -0.15) is 0 Å². The minimum Gasteiger partial charge on any atom is -0.344 e. The van der Waals surface area contributed by atoms with Gasteiger partial charge in [0.2, 0.25) is 5.79 Å². The molecule has 3 nitrogen and oxygen atoms in total. The third-order valence-corrected chi connectivity index (χ3v) is 7.52. The highest BCUT2D eigenvalue weighted by molar-refractivity contribution is 7.99. The zero-order valence-electron chi connectivity index (χ0n) is 17.9. The molecule has 0 N–H and O–H groups in total. The highest BCUT2D eigenvalue weighted by Crippen LogP contribution is 2.42. The average Bonchev–Trinajstić information content (AvgIpc) is 2.86. The van der Waals surface area contributed by atoms with Crippen molar-refractivity contribution in [3.05, 3.63) is 66.2 Å². The first-order chi connectivity index (χ1) is 14.8. The molecule has 4 rings (SSSR count). The maximum Gasteiger partial charge on any atom is 0.201 e. The van der Waals surface area contributed by atoms with Gasteiger partial charge >= 0.3 is 0 Å². The molecule has 1 spiro atoms. The van der Waals surface area contributed by atoms with Crippen LogP contribution < -0.4 is 0 Å². The van der Waals surface area contributed by atoms with Gasteiger partial charge in [-0.25, -0.2) is 9.78 Å². The van der Waals surface area contributed by atoms with E-state index in [9.17, 15) is 0 Å². The van der Waals surface area contributed by atoms with Crippen LogP contribution >= 0.6 is 11.8 Å². The highest BCUT2D eigenvalue weighted by Gasteiger charge is 2.47. The normalized spacial score (nSPS) is 25.5. The summed E-state index contributed by atoms with van der Waals surface area (Å²) in [5.41, 5.74) is 0.513. The third-order valence-electron chi connectivity index (χ3n) is 6.30. The van der Waals surface area contributed by atoms with Gasteiger partial charge in [-0.15, -0.1) is 11.8 Å². The largest absolute Gasteiger partial charge is 0.344 e. The Bertz CT molecular complexity index is 727. The molecular weight excluding hydrogens is 392 g/mol. The van der Waals surface area contributed by atoms with Crippen LogP contribution in [0.3, 0.4) is 0 Å². The van der Waals surface area contributed by atoms with Crippen LogP contribution in [0, 0.1) is 0 Å². The molecule has 1 aliphatic heterocycles. The lowest BCUT2D eigenvalue weighted by Crippen LogP contribution is -2.51. The van der Waals surface area contributed by atoms with E-state index in [4.69, 9.17) is 14.5 Å². The fraction of sp³-hybridized carbons (Fsp3) is 0.538. The number of rotatable bonds is 4. The molecule has 0 bridgehead atoms. The third kappa shape index (κ3) is 5.67. The van der Waals surface area contributed by atoms with E-state index >= 15 is 0 Å². The number of hydrogen-bond acceptors (Lipinski definition) is 4. The molecule has 1 saturated heterocycles. The SMILES string of the molecule is c1ccc(SCC2(c3ccccc3)COC3(CCCCCCCCCC3)OO2)cc1. The van der Waals surface area contributed by atoms with E-state index in [1.165, 1.54) is 43.4 Å². The summed E-state index contributed by atoms with van der Waals surface area (Å²) in [6.45, 7) is 0.525. The molecular formula is C26H34O3S. The van der Waals surface area contributed by atoms with Gasteiger partial charge in [-0.05, 0) is 30.5 Å². The summed E-state index contributed by atoms with van der Waals surface area (Å²) < 4.78 is 6.58. The van der Waals surface area contributed by atoms with Crippen LogP contribution in [0.5, 0.6) is 0 Å². The standard InChI is InChI=1S/C26H34O3S/c1-2-4-6-14-20-26(19-13-5-3-1)27-21-25(28-29-26,23-15-9-7-10-16-23)22-30-24-17-11-8-12-18-24/h7-12,15-18H,1-6,13-14,19-22H2. The Labute approximate surface area is 185 Å². The van der Waals surface area contributed by atoms with Crippen molar-refractivity contribution >= 4 is 11.8 Å². The molecule has 2 fully saturated rings. The summed E-state index contributed by atoms with van der Waals surface area (Å²) in [7, 11) is 0. The van der Waals surface area contributed by atoms with E-state index in [0.29, 0.717) is 6.61 Å². The molecule has 2 aromatic rings. The van der Waals surface area contributed by atoms with Crippen LogP contribution in [0.4, 0.5) is 0 Å². The van der Waals surface area contributed by atoms with Crippen LogP contribution in [-0.2, 0) is 20.1 Å². The van der Waals surface area contributed by atoms with E-state index < -0.39 is 11.4 Å². The van der Waals surface area contributed by atoms with Crippen molar-refractivity contribution in [3.63, 3.8) is 0 Å². The van der Waals surface area contributed by atoms with Crippen molar-refractivity contribution in [1.82, 2.24) is 0 Å². The van der Waals surface area contributed by atoms with Gasteiger partial charge in [0, 0.05) is 23.5 Å². The fourth-order valence-corrected chi connectivity index (χ4v) is 5.44. The summed E-state index contributed by atoms with van der Waals surface area (Å²) in [5, 5.41) is 0. The van der Waals surface area contributed by atoms with Gasteiger partial charge in [-0.1, -0.05) is 87.1 Å². The Hall–Kier alpha value is -1.33. The smallest absolute Gasteiger partial charge is 0.201 e. The first-order valence-electron chi connectivity index (χ1n) is 11.5. The molecule has 30 heavy (non-hydrogen) atoms. The summed E-state index contributed by atoms with van der Waals surface area (Å²) >= 11 is 1.79. The topological polar surface area (TPSA) is 27.7 Å². The van der Waals surface area contributed by atoms with Gasteiger partial charge in [0.25, 0.3) is 0 Å². The molecule has 1 aliphatic carbocycles. The zero-order chi connectivity index (χ0) is 20.5. The second-order valence-electron chi connectivity index (χ2n) is 8.66. The lowest BCUT2D eigenvalue weighted by molar-refractivity contribution is -0.516. The predicted molar refractivity (Wildman–Crippen MR) is 122 cm³/mol. The number of hydrogen-bond donors (Lipinski definition) is 0. The van der Waals surface area contributed by atoms with Crippen LogP contribution in [0.25, 0.3) is 0 Å². The molecule has 2 aromatic carbocycles. The Balaban J connectivity index is 1.48. The Morgan fingerprint density at radius 3 is 1.80 bits per heavy atom. The summed E-state index contributed by atoms with van der Waals surface area (Å²) in [6, 6.07) is 20.9. The lowest BCUT2D eigenvalue weighted by Gasteiger charge is -2.45. The predicted octanol–water partition coefficient (Wildman–Crippen LogP) is 7.26. The maximum absolute atomic E-state index is 6.58. The molecule has 0 amide bonds. The van der Waals surface area contributed by atoms with E-state index in [2.05, 4.69) is 48.5 Å². The van der Waals surface area contributed by atoms with Crippen LogP contribution in [0.2, 0.25) is 0 Å². The fourth-order valence-electron chi connectivity index (χ4n) is 4.39. The van der Waals surface area contributed by atoms with Crippen molar-refractivity contribution in [2.45, 2.75) is 80.5 Å². The van der Waals surface area contributed by atoms with E-state index in [1.54, 1.807) is 11.8 Å². The van der Waals surface area contributed by atoms with Gasteiger partial charge in [0.15, 0.2) is 5.60 Å². The van der Waals surface area contributed by atoms with Crippen LogP contribution in [-0.4, -0.2) is 18.1 Å². The van der Waals surface area contributed by atoms with Crippen molar-refractivity contribution in [2.75, 3.05) is 12.4 Å². The lowest BCUT2D eigenvalue weighted by atomic mass is 9.95. The molecule has 1 unspecified atom stereocenters. The van der Waals surface area contributed by atoms with E-state index in [-0.39, 0.29) is 0 Å². The Kier molecular flexibility index (Phi) is 7.89. The summed E-state index contributed by atoms with van der Waals surface area (Å²) in [4.78, 5) is 13.8. The molecule has 0 aromatic heterocycles. The van der Waals surface area contributed by atoms with Gasteiger partial charge < -0.3 is 4.74 Å². The molecule has 4 heteroatoms. The van der Waals surface area contributed by atoms with Crippen molar-refractivity contribution in [3.8, 4) is 0 Å². The summed E-state index contributed by atoms with van der Waals surface area (Å²) in [6.07, 6.45) is 12.0. The van der Waals surface area contributed by atoms with Gasteiger partial charge in [0.05, 0.1) is 6.61 Å². The van der Waals surface area contributed by atoms with Crippen molar-refractivity contribution in [1.29, 1.82) is 0 Å². The van der Waals surface area contributed by atoms with Crippen molar-refractivity contribution < 1.29 is 14.5 Å². The molecule has 162 valence electrons. The minimum absolute atomic E-state index is 0.525. The van der Waals surface area contributed by atoms with Gasteiger partial charge in [-0.3, -0.25) is 0 Å². The molecule has 0 radical (unpaired) electrons. The maximum atomic E-state index is 6.58. The number of thioether (sulfide) groups is 1. The monoisotopic (exact) mass is 426 g/mol. The molecule has 1 atom stereocenters. The first kappa shape index (κ1) is 21.9. The first-order valence-corrected chi connectivity index (χ1v) is 12.5. The molecule has 1 saturated carbocycles. The summed E-state index contributed by atoms with van der Waals surface area (Å²) in [5.74, 6) is 0.164. The van der Waals surface area contributed by atoms with Crippen LogP contribution in [0.15, 0.2) is 65.6 Å². The van der Waals surface area contributed by atoms with Crippen molar-refractivity contribution in [2.24, 2.45) is 0 Å². The Morgan fingerprint density at radius 1 is 0.667 bits per heavy atom. The quantitative estimate of drug-likeness (QED) is 0.380. The second kappa shape index (κ2) is 10.8. The number of ether oxygens (including phenoxy) is 1. The van der Waals surface area contributed by atoms with E-state index in [1.807, 2.05) is 12.1 Å². The Morgan fingerprint density at radius 2 is 1.23 bits per heavy atom. The second-order valence-corrected chi connectivity index (χ2v) is 9.71. The molecule has 2 aliphatic rings. The minimum atomic E-state index is -0.598. The average molecular weight is 427 g/mol. The highest BCUT2D eigenvalue weighted by atomic mass is 32.2. The van der Waals surface area contributed by atoms with Crippen LogP contribution in [0.1, 0.15) is 69.8 Å². The van der Waals surface area contributed by atoms with Gasteiger partial charge in [0.1, 0.15) is 0 Å². The molecule has 1 heterocycles. The zero-order valence-corrected chi connectivity index (χ0v) is 18.7.